The van der Waals surface area contributed by atoms with Crippen molar-refractivity contribution in [2.45, 2.75) is 26.7 Å². The highest BCUT2D eigenvalue weighted by Crippen LogP contribution is 2.26. The van der Waals surface area contributed by atoms with E-state index < -0.39 is 11.9 Å². The van der Waals surface area contributed by atoms with Crippen LogP contribution in [0.2, 0.25) is 0 Å². The highest BCUT2D eigenvalue weighted by molar-refractivity contribution is 5.93. The van der Waals surface area contributed by atoms with Crippen LogP contribution in [-0.4, -0.2) is 30.6 Å². The fraction of sp³-hybridized carbons (Fsp3) is 0.316. The standard InChI is InChI=1S/C19H21NO5/c1-4-14-5-6-15(20-12-14)9-10-24-16-7-8-17(19(22)23-3)18(11-16)25-13(2)21/h5-8,11-12H,4,9-10H2,1-3H3. The molecule has 2 rings (SSSR count). The summed E-state index contributed by atoms with van der Waals surface area (Å²) in [5.74, 6) is -0.498. The highest BCUT2D eigenvalue weighted by Gasteiger charge is 2.16. The predicted molar refractivity (Wildman–Crippen MR) is 91.9 cm³/mol. The third-order valence-corrected chi connectivity index (χ3v) is 3.53. The van der Waals surface area contributed by atoms with Gasteiger partial charge < -0.3 is 14.2 Å². The molecule has 6 nitrogen and oxygen atoms in total. The minimum absolute atomic E-state index is 0.113. The van der Waals surface area contributed by atoms with E-state index in [2.05, 4.69) is 16.6 Å². The highest BCUT2D eigenvalue weighted by atomic mass is 16.5. The summed E-state index contributed by atoms with van der Waals surface area (Å²) in [5, 5.41) is 0. The molecule has 0 bridgehead atoms. The summed E-state index contributed by atoms with van der Waals surface area (Å²) in [7, 11) is 1.26. The summed E-state index contributed by atoms with van der Waals surface area (Å²) in [4.78, 5) is 27.3. The number of esters is 2. The molecular weight excluding hydrogens is 322 g/mol. The van der Waals surface area contributed by atoms with Crippen molar-refractivity contribution in [2.75, 3.05) is 13.7 Å². The van der Waals surface area contributed by atoms with Crippen molar-refractivity contribution in [1.82, 2.24) is 4.98 Å². The second-order valence-electron chi connectivity index (χ2n) is 5.35. The number of ether oxygens (including phenoxy) is 3. The molecule has 0 aliphatic rings. The number of nitrogens with zero attached hydrogens (tertiary/aromatic N) is 1. The van der Waals surface area contributed by atoms with E-state index in [1.165, 1.54) is 31.7 Å². The number of aryl methyl sites for hydroxylation is 1. The van der Waals surface area contributed by atoms with Gasteiger partial charge in [0.1, 0.15) is 17.1 Å². The van der Waals surface area contributed by atoms with E-state index >= 15 is 0 Å². The van der Waals surface area contributed by atoms with Gasteiger partial charge in [0, 0.05) is 31.3 Å². The molecule has 0 radical (unpaired) electrons. The monoisotopic (exact) mass is 343 g/mol. The van der Waals surface area contributed by atoms with E-state index in [1.54, 1.807) is 6.07 Å². The maximum Gasteiger partial charge on any atom is 0.341 e. The normalized spacial score (nSPS) is 10.2. The first-order valence-corrected chi connectivity index (χ1v) is 8.01. The molecule has 0 fully saturated rings. The van der Waals surface area contributed by atoms with Crippen molar-refractivity contribution in [2.24, 2.45) is 0 Å². The average molecular weight is 343 g/mol. The Morgan fingerprint density at radius 2 is 1.96 bits per heavy atom. The van der Waals surface area contributed by atoms with Gasteiger partial charge in [-0.05, 0) is 30.2 Å². The summed E-state index contributed by atoms with van der Waals surface area (Å²) >= 11 is 0. The van der Waals surface area contributed by atoms with Crippen molar-refractivity contribution < 1.29 is 23.8 Å². The van der Waals surface area contributed by atoms with Crippen LogP contribution in [0.4, 0.5) is 0 Å². The number of hydrogen-bond acceptors (Lipinski definition) is 6. The minimum Gasteiger partial charge on any atom is -0.493 e. The number of carbonyl (C=O) groups is 2. The Labute approximate surface area is 146 Å². The topological polar surface area (TPSA) is 74.7 Å². The van der Waals surface area contributed by atoms with Gasteiger partial charge >= 0.3 is 11.9 Å². The Morgan fingerprint density at radius 3 is 2.56 bits per heavy atom. The maximum atomic E-state index is 11.7. The number of rotatable bonds is 7. The van der Waals surface area contributed by atoms with Crippen molar-refractivity contribution in [3.8, 4) is 11.5 Å². The minimum atomic E-state index is -0.581. The average Bonchev–Trinajstić information content (AvgIpc) is 2.61. The molecule has 0 N–H and O–H groups in total. The van der Waals surface area contributed by atoms with E-state index in [9.17, 15) is 9.59 Å². The van der Waals surface area contributed by atoms with Crippen LogP contribution in [0.1, 0.15) is 35.5 Å². The Hall–Kier alpha value is -2.89. The van der Waals surface area contributed by atoms with Crippen LogP contribution in [0.5, 0.6) is 11.5 Å². The third kappa shape index (κ3) is 5.31. The van der Waals surface area contributed by atoms with Crippen molar-refractivity contribution >= 4 is 11.9 Å². The summed E-state index contributed by atoms with van der Waals surface area (Å²) in [6, 6.07) is 8.67. The molecular formula is C19H21NO5. The van der Waals surface area contributed by atoms with Gasteiger partial charge in [-0.15, -0.1) is 0 Å². The Morgan fingerprint density at radius 1 is 1.16 bits per heavy atom. The molecule has 132 valence electrons. The lowest BCUT2D eigenvalue weighted by atomic mass is 10.2. The molecule has 0 saturated carbocycles. The fourth-order valence-corrected chi connectivity index (χ4v) is 2.20. The van der Waals surface area contributed by atoms with E-state index in [0.29, 0.717) is 18.8 Å². The molecule has 1 heterocycles. The Balaban J connectivity index is 2.03. The van der Waals surface area contributed by atoms with Gasteiger partial charge in [0.05, 0.1) is 13.7 Å². The lowest BCUT2D eigenvalue weighted by molar-refractivity contribution is -0.131. The number of carbonyl (C=O) groups excluding carboxylic acids is 2. The first-order chi connectivity index (χ1) is 12.0. The molecule has 6 heteroatoms. The summed E-state index contributed by atoms with van der Waals surface area (Å²) < 4.78 is 15.4. The predicted octanol–water partition coefficient (Wildman–Crippen LogP) is 2.98. The maximum absolute atomic E-state index is 11.7. The molecule has 0 aliphatic carbocycles. The van der Waals surface area contributed by atoms with E-state index in [0.717, 1.165) is 12.1 Å². The van der Waals surface area contributed by atoms with Crippen LogP contribution >= 0.6 is 0 Å². The van der Waals surface area contributed by atoms with Crippen LogP contribution in [0, 0.1) is 0 Å². The molecule has 2 aromatic rings. The molecule has 1 aromatic heterocycles. The van der Waals surface area contributed by atoms with Crippen molar-refractivity contribution in [3.63, 3.8) is 0 Å². The molecule has 0 amide bonds. The second kappa shape index (κ2) is 8.82. The van der Waals surface area contributed by atoms with Crippen molar-refractivity contribution in [3.05, 3.63) is 53.3 Å². The fourth-order valence-electron chi connectivity index (χ4n) is 2.20. The van der Waals surface area contributed by atoms with Crippen LogP contribution in [-0.2, 0) is 22.4 Å². The number of pyridine rings is 1. The molecule has 0 aliphatic heterocycles. The quantitative estimate of drug-likeness (QED) is 0.568. The first-order valence-electron chi connectivity index (χ1n) is 8.01. The van der Waals surface area contributed by atoms with Crippen LogP contribution in [0.3, 0.4) is 0 Å². The zero-order chi connectivity index (χ0) is 18.2. The van der Waals surface area contributed by atoms with E-state index in [-0.39, 0.29) is 11.3 Å². The number of aromatic nitrogens is 1. The third-order valence-electron chi connectivity index (χ3n) is 3.53. The lowest BCUT2D eigenvalue weighted by Crippen LogP contribution is -2.10. The Kier molecular flexibility index (Phi) is 6.51. The largest absolute Gasteiger partial charge is 0.493 e. The zero-order valence-corrected chi connectivity index (χ0v) is 14.6. The molecule has 0 spiro atoms. The van der Waals surface area contributed by atoms with Crippen LogP contribution in [0.25, 0.3) is 0 Å². The second-order valence-corrected chi connectivity index (χ2v) is 5.35. The van der Waals surface area contributed by atoms with Gasteiger partial charge in [-0.25, -0.2) is 4.79 Å². The van der Waals surface area contributed by atoms with Crippen LogP contribution < -0.4 is 9.47 Å². The summed E-state index contributed by atoms with van der Waals surface area (Å²) in [5.41, 5.74) is 2.29. The molecule has 25 heavy (non-hydrogen) atoms. The van der Waals surface area contributed by atoms with Gasteiger partial charge in [-0.2, -0.15) is 0 Å². The van der Waals surface area contributed by atoms with Gasteiger partial charge in [-0.1, -0.05) is 13.0 Å². The van der Waals surface area contributed by atoms with E-state index in [4.69, 9.17) is 9.47 Å². The van der Waals surface area contributed by atoms with Gasteiger partial charge in [0.2, 0.25) is 0 Å². The SMILES string of the molecule is CCc1ccc(CCOc2ccc(C(=O)OC)c(OC(C)=O)c2)nc1. The van der Waals surface area contributed by atoms with E-state index in [1.807, 2.05) is 18.3 Å². The molecule has 0 atom stereocenters. The van der Waals surface area contributed by atoms with Crippen molar-refractivity contribution in [1.29, 1.82) is 0 Å². The van der Waals surface area contributed by atoms with Gasteiger partial charge in [0.15, 0.2) is 0 Å². The van der Waals surface area contributed by atoms with Gasteiger partial charge in [-0.3, -0.25) is 9.78 Å². The Bertz CT molecular complexity index is 740. The number of methoxy groups -OCH3 is 1. The summed E-state index contributed by atoms with van der Waals surface area (Å²) in [6.45, 7) is 3.76. The lowest BCUT2D eigenvalue weighted by Gasteiger charge is -2.11. The first kappa shape index (κ1) is 18.4. The molecule has 0 saturated heterocycles. The molecule has 0 unspecified atom stereocenters. The summed E-state index contributed by atoms with van der Waals surface area (Å²) in [6.07, 6.45) is 3.46. The number of hydrogen-bond donors (Lipinski definition) is 0. The smallest absolute Gasteiger partial charge is 0.341 e. The molecule has 1 aromatic carbocycles. The zero-order valence-electron chi connectivity index (χ0n) is 14.6. The van der Waals surface area contributed by atoms with Crippen LogP contribution in [0.15, 0.2) is 36.5 Å². The van der Waals surface area contributed by atoms with Gasteiger partial charge in [0.25, 0.3) is 0 Å². The number of benzene rings is 1.